The number of ether oxygens (including phenoxy) is 1. The number of carbonyl (C=O) groups excluding carboxylic acids is 3. The normalized spacial score (nSPS) is 13.5. The molecule has 268 valence electrons. The van der Waals surface area contributed by atoms with Crippen LogP contribution in [-0.2, 0) is 14.9 Å². The first-order chi connectivity index (χ1) is 23.9. The summed E-state index contributed by atoms with van der Waals surface area (Å²) in [6, 6.07) is 27.7. The van der Waals surface area contributed by atoms with Crippen LogP contribution in [0.1, 0.15) is 61.5 Å². The van der Waals surface area contributed by atoms with E-state index in [1.54, 1.807) is 31.3 Å². The number of carbonyl (C=O) groups is 3. The Hall–Kier alpha value is -5.16. The number of nitrogens with zero attached hydrogens (tertiary/aromatic N) is 2. The number of nitrogens with two attached hydrogens (primary N) is 1. The monoisotopic (exact) mass is 683 g/mol. The Morgan fingerprint density at radius 3 is 1.90 bits per heavy atom. The van der Waals surface area contributed by atoms with E-state index in [1.165, 1.54) is 4.90 Å². The minimum atomic E-state index is -0.841. The van der Waals surface area contributed by atoms with Gasteiger partial charge in [0, 0.05) is 37.8 Å². The Bertz CT molecular complexity index is 1530. The largest absolute Gasteiger partial charge is 0.414 e. The Morgan fingerprint density at radius 2 is 1.40 bits per heavy atom. The van der Waals surface area contributed by atoms with Gasteiger partial charge in [-0.3, -0.25) is 15.0 Å². The molecule has 0 aliphatic heterocycles. The van der Waals surface area contributed by atoms with Crippen molar-refractivity contribution in [2.75, 3.05) is 34.2 Å². The van der Waals surface area contributed by atoms with Gasteiger partial charge in [-0.1, -0.05) is 78.9 Å². The van der Waals surface area contributed by atoms with Crippen LogP contribution in [0.25, 0.3) is 0 Å². The highest BCUT2D eigenvalue weighted by Crippen LogP contribution is 2.44. The van der Waals surface area contributed by atoms with Crippen molar-refractivity contribution in [3.05, 3.63) is 120 Å². The second-order valence-electron chi connectivity index (χ2n) is 12.8. The zero-order valence-corrected chi connectivity index (χ0v) is 30.1. The summed E-state index contributed by atoms with van der Waals surface area (Å²) < 4.78 is 6.30. The van der Waals surface area contributed by atoms with Crippen LogP contribution in [0, 0.1) is 5.41 Å². The standard InChI is InChI=1S/C39H53N7O4/c1-7-34(39(26-28(2)45(4)5,31-20-13-9-14-21-31)32-22-15-10-16-23-32)50-38(49)46(6)29(3)27-43-36(48)33(24-17-25-42-37(40)41)44-35(47)30-18-11-8-12-19-30/h7-16,18-23,28-29,33H,17,24-27H2,1-6H3,(H,43,48)(H,44,47)(H4,40,41,42)/b34-7-. The number of benzene rings is 3. The van der Waals surface area contributed by atoms with Crippen molar-refractivity contribution < 1.29 is 19.1 Å². The predicted octanol–water partition coefficient (Wildman–Crippen LogP) is 4.85. The molecule has 3 unspecified atom stereocenters. The average Bonchev–Trinajstić information content (AvgIpc) is 3.13. The molecule has 0 spiro atoms. The number of hydrogen-bond acceptors (Lipinski definition) is 6. The first kappa shape index (κ1) is 39.3. The van der Waals surface area contributed by atoms with Crippen LogP contribution in [0.3, 0.4) is 0 Å². The number of nitrogens with one attached hydrogen (secondary N) is 4. The van der Waals surface area contributed by atoms with E-state index in [0.717, 1.165) is 11.1 Å². The van der Waals surface area contributed by atoms with Crippen molar-refractivity contribution >= 4 is 23.9 Å². The minimum Gasteiger partial charge on any atom is -0.414 e. The number of amides is 3. The number of likely N-dealkylation sites (N-methyl/N-ethyl adjacent to an activating group) is 1. The highest BCUT2D eigenvalue weighted by molar-refractivity contribution is 5.97. The summed E-state index contributed by atoms with van der Waals surface area (Å²) in [5, 5.41) is 15.8. The summed E-state index contributed by atoms with van der Waals surface area (Å²) >= 11 is 0. The van der Waals surface area contributed by atoms with Gasteiger partial charge in [0.25, 0.3) is 5.91 Å². The highest BCUT2D eigenvalue weighted by atomic mass is 16.6. The van der Waals surface area contributed by atoms with Crippen molar-refractivity contribution in [2.45, 2.75) is 63.6 Å². The van der Waals surface area contributed by atoms with Gasteiger partial charge < -0.3 is 36.2 Å². The highest BCUT2D eigenvalue weighted by Gasteiger charge is 2.42. The van der Waals surface area contributed by atoms with E-state index in [-0.39, 0.29) is 30.4 Å². The van der Waals surface area contributed by atoms with E-state index in [1.807, 2.05) is 76.5 Å². The van der Waals surface area contributed by atoms with Gasteiger partial charge in [0.05, 0.1) is 5.41 Å². The average molecular weight is 684 g/mol. The Balaban J connectivity index is 1.79. The third-order valence-electron chi connectivity index (χ3n) is 9.06. The van der Waals surface area contributed by atoms with Crippen LogP contribution < -0.4 is 21.7 Å². The summed E-state index contributed by atoms with van der Waals surface area (Å²) in [5.41, 5.74) is 7.07. The predicted molar refractivity (Wildman–Crippen MR) is 199 cm³/mol. The maximum absolute atomic E-state index is 13.8. The van der Waals surface area contributed by atoms with E-state index < -0.39 is 23.6 Å². The van der Waals surface area contributed by atoms with E-state index in [9.17, 15) is 14.4 Å². The molecule has 3 aromatic carbocycles. The molecule has 6 N–H and O–H groups in total. The van der Waals surface area contributed by atoms with Crippen LogP contribution in [0.15, 0.2) is 103 Å². The van der Waals surface area contributed by atoms with Crippen LogP contribution in [0.4, 0.5) is 4.79 Å². The van der Waals surface area contributed by atoms with Crippen LogP contribution in [-0.4, -0.2) is 86.0 Å². The fraction of sp³-hybridized carbons (Fsp3) is 0.385. The van der Waals surface area contributed by atoms with Gasteiger partial charge in [0.15, 0.2) is 5.96 Å². The molecule has 0 radical (unpaired) electrons. The van der Waals surface area contributed by atoms with Crippen molar-refractivity contribution in [3.8, 4) is 0 Å². The van der Waals surface area contributed by atoms with Crippen molar-refractivity contribution in [3.63, 3.8) is 0 Å². The summed E-state index contributed by atoms with van der Waals surface area (Å²) in [5.74, 6) is -0.410. The zero-order valence-electron chi connectivity index (χ0n) is 30.1. The quantitative estimate of drug-likeness (QED) is 0.0590. The molecule has 0 aliphatic carbocycles. The first-order valence-electron chi connectivity index (χ1n) is 17.0. The molecule has 0 aromatic heterocycles. The molecule has 0 aliphatic rings. The van der Waals surface area contributed by atoms with E-state index >= 15 is 0 Å². The molecule has 3 amide bonds. The Labute approximate surface area is 296 Å². The number of allylic oxidation sites excluding steroid dienone is 2. The van der Waals surface area contributed by atoms with Crippen LogP contribution >= 0.6 is 0 Å². The number of guanidine groups is 1. The summed E-state index contributed by atoms with van der Waals surface area (Å²) in [6.45, 7) is 6.35. The van der Waals surface area contributed by atoms with E-state index in [2.05, 4.69) is 52.0 Å². The van der Waals surface area contributed by atoms with Gasteiger partial charge >= 0.3 is 6.09 Å². The zero-order chi connectivity index (χ0) is 36.7. The molecule has 50 heavy (non-hydrogen) atoms. The molecule has 3 aromatic rings. The fourth-order valence-electron chi connectivity index (χ4n) is 5.73. The van der Waals surface area contributed by atoms with Crippen molar-refractivity contribution in [1.82, 2.24) is 25.8 Å². The van der Waals surface area contributed by atoms with E-state index in [0.29, 0.717) is 37.1 Å². The van der Waals surface area contributed by atoms with Gasteiger partial charge in [0.2, 0.25) is 5.91 Å². The van der Waals surface area contributed by atoms with Crippen LogP contribution in [0.5, 0.6) is 0 Å². The SMILES string of the molecule is C/C=C(\OC(=O)N(C)C(C)CNC(=O)C(CCCNC(=N)N)NC(=O)c1ccccc1)C(CC(C)N(C)C)(c1ccccc1)c1ccccc1. The third kappa shape index (κ3) is 10.7. The Morgan fingerprint density at radius 1 is 0.860 bits per heavy atom. The minimum absolute atomic E-state index is 0.124. The second-order valence-corrected chi connectivity index (χ2v) is 12.8. The summed E-state index contributed by atoms with van der Waals surface area (Å²) in [7, 11) is 5.72. The topological polar surface area (TPSA) is 153 Å². The molecule has 11 heteroatoms. The van der Waals surface area contributed by atoms with Crippen LogP contribution in [0.2, 0.25) is 0 Å². The molecule has 0 fully saturated rings. The molecule has 3 rings (SSSR count). The molecule has 11 nitrogen and oxygen atoms in total. The van der Waals surface area contributed by atoms with E-state index in [4.69, 9.17) is 15.9 Å². The summed E-state index contributed by atoms with van der Waals surface area (Å²) in [4.78, 5) is 43.8. The molecular weight excluding hydrogens is 630 g/mol. The maximum atomic E-state index is 13.8. The second kappa shape index (κ2) is 19.1. The van der Waals surface area contributed by atoms with Crippen molar-refractivity contribution in [1.29, 1.82) is 5.41 Å². The molecule has 0 saturated heterocycles. The molecule has 0 heterocycles. The van der Waals surface area contributed by atoms with Gasteiger partial charge in [-0.15, -0.1) is 0 Å². The smallest absolute Gasteiger partial charge is 0.414 e. The molecule has 3 atom stereocenters. The lowest BCUT2D eigenvalue weighted by Gasteiger charge is -2.40. The molecular formula is C39H53N7O4. The van der Waals surface area contributed by atoms with Gasteiger partial charge in [-0.05, 0) is 83.5 Å². The number of hydrogen-bond donors (Lipinski definition) is 5. The molecule has 0 saturated carbocycles. The lowest BCUT2D eigenvalue weighted by molar-refractivity contribution is -0.123. The van der Waals surface area contributed by atoms with Gasteiger partial charge in [-0.25, -0.2) is 4.79 Å². The maximum Gasteiger partial charge on any atom is 0.414 e. The lowest BCUT2D eigenvalue weighted by atomic mass is 9.68. The lowest BCUT2D eigenvalue weighted by Crippen LogP contribution is -2.50. The molecule has 0 bridgehead atoms. The van der Waals surface area contributed by atoms with Crippen molar-refractivity contribution in [2.24, 2.45) is 5.73 Å². The first-order valence-corrected chi connectivity index (χ1v) is 17.0. The Kier molecular flexibility index (Phi) is 15.0. The van der Waals surface area contributed by atoms with Gasteiger partial charge in [-0.2, -0.15) is 0 Å². The van der Waals surface area contributed by atoms with Gasteiger partial charge in [0.1, 0.15) is 11.8 Å². The fourth-order valence-corrected chi connectivity index (χ4v) is 5.73. The summed E-state index contributed by atoms with van der Waals surface area (Å²) in [6.07, 6.45) is 2.75. The third-order valence-corrected chi connectivity index (χ3v) is 9.06. The number of rotatable bonds is 17.